The van der Waals surface area contributed by atoms with E-state index in [-0.39, 0.29) is 0 Å². The number of carbonyl (C=O) groups is 2. The van der Waals surface area contributed by atoms with Crippen molar-refractivity contribution in [1.29, 1.82) is 0 Å². The average Bonchev–Trinajstić information content (AvgIpc) is 2.29. The summed E-state index contributed by atoms with van der Waals surface area (Å²) in [5.74, 6) is 0. The zero-order chi connectivity index (χ0) is 11.0. The summed E-state index contributed by atoms with van der Waals surface area (Å²) in [7, 11) is 0. The Morgan fingerprint density at radius 2 is 1.36 bits per heavy atom. The highest BCUT2D eigenvalue weighted by molar-refractivity contribution is 5.64. The summed E-state index contributed by atoms with van der Waals surface area (Å²) in [6.07, 6.45) is 2.34. The Morgan fingerprint density at radius 3 is 1.64 bits per heavy atom. The smallest absolute Gasteiger partial charge is 0.407 e. The minimum atomic E-state index is -1.33. The van der Waals surface area contributed by atoms with Crippen LogP contribution in [0.4, 0.5) is 9.59 Å². The summed E-state index contributed by atoms with van der Waals surface area (Å²) in [6.45, 7) is 1.46. The van der Waals surface area contributed by atoms with Crippen molar-refractivity contribution in [2.75, 3.05) is 13.1 Å². The third-order valence-corrected chi connectivity index (χ3v) is 1.88. The van der Waals surface area contributed by atoms with Gasteiger partial charge in [0.05, 0.1) is 0 Å². The summed E-state index contributed by atoms with van der Waals surface area (Å²) in [5.41, 5.74) is 4.03. The number of nitrogens with two attached hydrogens (primary N) is 1. The molecule has 82 valence electrons. The molecule has 0 unspecified atom stereocenters. The van der Waals surface area contributed by atoms with E-state index in [2.05, 4.69) is 5.73 Å². The molecule has 1 aliphatic rings. The molecule has 0 radical (unpaired) electrons. The first-order valence-corrected chi connectivity index (χ1v) is 4.50. The number of likely N-dealkylation sites (tertiary alicyclic amines) is 1. The molecule has 1 aliphatic heterocycles. The molecule has 0 aromatic rings. The van der Waals surface area contributed by atoms with Gasteiger partial charge in [0.15, 0.2) is 0 Å². The SMILES string of the molecule is NC(=O)O.O=C(O)N1CCCCCC1. The molecule has 6 heteroatoms. The molecule has 1 heterocycles. The molecule has 0 atom stereocenters. The molecule has 0 aromatic heterocycles. The maximum absolute atomic E-state index is 10.4. The van der Waals surface area contributed by atoms with E-state index in [0.717, 1.165) is 25.9 Å². The Labute approximate surface area is 82.3 Å². The quantitative estimate of drug-likeness (QED) is 0.550. The van der Waals surface area contributed by atoms with Gasteiger partial charge in [-0.15, -0.1) is 0 Å². The number of hydrogen-bond acceptors (Lipinski definition) is 2. The van der Waals surface area contributed by atoms with Crippen LogP contribution in [0, 0.1) is 0 Å². The van der Waals surface area contributed by atoms with Crippen molar-refractivity contribution < 1.29 is 19.8 Å². The number of nitrogens with zero attached hydrogens (tertiary/aromatic N) is 1. The van der Waals surface area contributed by atoms with Gasteiger partial charge in [-0.1, -0.05) is 12.8 Å². The zero-order valence-electron chi connectivity index (χ0n) is 7.98. The third kappa shape index (κ3) is 7.20. The molecule has 0 spiro atoms. The highest BCUT2D eigenvalue weighted by Crippen LogP contribution is 2.08. The van der Waals surface area contributed by atoms with Gasteiger partial charge in [-0.3, -0.25) is 0 Å². The molecule has 1 rings (SSSR count). The largest absolute Gasteiger partial charge is 0.465 e. The fourth-order valence-electron chi connectivity index (χ4n) is 1.26. The molecule has 0 aliphatic carbocycles. The molecular formula is C8H16N2O4. The second-order valence-corrected chi connectivity index (χ2v) is 3.02. The van der Waals surface area contributed by atoms with Crippen LogP contribution in [0.15, 0.2) is 0 Å². The Bertz CT molecular complexity index is 184. The first-order chi connectivity index (χ1) is 6.54. The lowest BCUT2D eigenvalue weighted by Crippen LogP contribution is -2.29. The van der Waals surface area contributed by atoms with Gasteiger partial charge in [0, 0.05) is 13.1 Å². The van der Waals surface area contributed by atoms with Gasteiger partial charge in [-0.05, 0) is 12.8 Å². The molecule has 2 amide bonds. The molecule has 0 aromatic carbocycles. The number of amides is 2. The Balaban J connectivity index is 0.000000364. The lowest BCUT2D eigenvalue weighted by molar-refractivity contribution is 0.147. The molecule has 14 heavy (non-hydrogen) atoms. The average molecular weight is 204 g/mol. The van der Waals surface area contributed by atoms with Gasteiger partial charge in [-0.2, -0.15) is 0 Å². The monoisotopic (exact) mass is 204 g/mol. The van der Waals surface area contributed by atoms with Gasteiger partial charge < -0.3 is 20.8 Å². The molecule has 6 nitrogen and oxygen atoms in total. The van der Waals surface area contributed by atoms with Crippen LogP contribution in [0.3, 0.4) is 0 Å². The molecular weight excluding hydrogens is 188 g/mol. The Morgan fingerprint density at radius 1 is 1.00 bits per heavy atom. The highest BCUT2D eigenvalue weighted by atomic mass is 16.4. The van der Waals surface area contributed by atoms with E-state index in [4.69, 9.17) is 15.0 Å². The standard InChI is InChI=1S/C7H13NO2.CH3NO2/c9-7(10)8-5-3-1-2-4-6-8;2-1(3)4/h1-6H2,(H,9,10);2H2,(H,3,4). The van der Waals surface area contributed by atoms with Crippen LogP contribution in [-0.2, 0) is 0 Å². The van der Waals surface area contributed by atoms with E-state index in [9.17, 15) is 4.79 Å². The van der Waals surface area contributed by atoms with Gasteiger partial charge in [-0.25, -0.2) is 9.59 Å². The topological polar surface area (TPSA) is 104 Å². The van der Waals surface area contributed by atoms with E-state index >= 15 is 0 Å². The fraction of sp³-hybridized carbons (Fsp3) is 0.750. The van der Waals surface area contributed by atoms with E-state index in [0.29, 0.717) is 0 Å². The minimum Gasteiger partial charge on any atom is -0.465 e. The second kappa shape index (κ2) is 6.99. The maximum Gasteiger partial charge on any atom is 0.407 e. The number of carboxylic acid groups (broad SMARTS) is 2. The normalized spacial score (nSPS) is 16.1. The van der Waals surface area contributed by atoms with E-state index in [1.807, 2.05) is 0 Å². The van der Waals surface area contributed by atoms with E-state index in [1.54, 1.807) is 0 Å². The predicted octanol–water partition coefficient (Wildman–Crippen LogP) is 1.16. The van der Waals surface area contributed by atoms with Gasteiger partial charge in [0.2, 0.25) is 0 Å². The van der Waals surface area contributed by atoms with Crippen molar-refractivity contribution in [2.24, 2.45) is 5.73 Å². The van der Waals surface area contributed by atoms with Crippen molar-refractivity contribution in [1.82, 2.24) is 4.90 Å². The molecule has 0 saturated carbocycles. The van der Waals surface area contributed by atoms with Crippen molar-refractivity contribution in [2.45, 2.75) is 25.7 Å². The van der Waals surface area contributed by atoms with Crippen LogP contribution in [0.5, 0.6) is 0 Å². The Hall–Kier alpha value is -1.46. The zero-order valence-corrected chi connectivity index (χ0v) is 7.98. The van der Waals surface area contributed by atoms with Crippen molar-refractivity contribution in [3.8, 4) is 0 Å². The first-order valence-electron chi connectivity index (χ1n) is 4.50. The van der Waals surface area contributed by atoms with Crippen LogP contribution < -0.4 is 5.73 Å². The fourth-order valence-corrected chi connectivity index (χ4v) is 1.26. The summed E-state index contributed by atoms with van der Waals surface area (Å²) in [5, 5.41) is 15.8. The van der Waals surface area contributed by atoms with Crippen LogP contribution in [0.1, 0.15) is 25.7 Å². The number of primary amides is 1. The van der Waals surface area contributed by atoms with Crippen LogP contribution >= 0.6 is 0 Å². The van der Waals surface area contributed by atoms with Gasteiger partial charge in [0.1, 0.15) is 0 Å². The highest BCUT2D eigenvalue weighted by Gasteiger charge is 2.12. The van der Waals surface area contributed by atoms with Crippen LogP contribution in [0.25, 0.3) is 0 Å². The maximum atomic E-state index is 10.4. The lowest BCUT2D eigenvalue weighted by Gasteiger charge is -2.14. The molecule has 4 N–H and O–H groups in total. The molecule has 1 saturated heterocycles. The van der Waals surface area contributed by atoms with Crippen molar-refractivity contribution >= 4 is 12.2 Å². The predicted molar refractivity (Wildman–Crippen MR) is 50.3 cm³/mol. The lowest BCUT2D eigenvalue weighted by atomic mass is 10.2. The molecule has 1 fully saturated rings. The summed E-state index contributed by atoms with van der Waals surface area (Å²) >= 11 is 0. The number of hydrogen-bond donors (Lipinski definition) is 3. The second-order valence-electron chi connectivity index (χ2n) is 3.02. The van der Waals surface area contributed by atoms with Crippen molar-refractivity contribution in [3.05, 3.63) is 0 Å². The third-order valence-electron chi connectivity index (χ3n) is 1.88. The van der Waals surface area contributed by atoms with Gasteiger partial charge >= 0.3 is 12.2 Å². The molecule has 0 bridgehead atoms. The number of rotatable bonds is 0. The summed E-state index contributed by atoms with van der Waals surface area (Å²) in [6, 6.07) is 0. The Kier molecular flexibility index (Phi) is 6.26. The van der Waals surface area contributed by atoms with Gasteiger partial charge in [0.25, 0.3) is 0 Å². The van der Waals surface area contributed by atoms with Crippen LogP contribution in [0.2, 0.25) is 0 Å². The summed E-state index contributed by atoms with van der Waals surface area (Å²) < 4.78 is 0. The van der Waals surface area contributed by atoms with E-state index in [1.165, 1.54) is 17.7 Å². The first kappa shape index (κ1) is 12.5. The summed E-state index contributed by atoms with van der Waals surface area (Å²) in [4.78, 5) is 20.7. The minimum absolute atomic E-state index is 0.731. The van der Waals surface area contributed by atoms with Crippen molar-refractivity contribution in [3.63, 3.8) is 0 Å². The van der Waals surface area contributed by atoms with Crippen LogP contribution in [-0.4, -0.2) is 40.4 Å². The van der Waals surface area contributed by atoms with E-state index < -0.39 is 12.2 Å².